The van der Waals surface area contributed by atoms with Crippen molar-refractivity contribution in [2.24, 2.45) is 0 Å². The lowest BCUT2D eigenvalue weighted by atomic mass is 10.1. The molecule has 2 N–H and O–H groups in total. The number of benzene rings is 1. The van der Waals surface area contributed by atoms with Crippen LogP contribution in [0.15, 0.2) is 36.8 Å². The second-order valence-electron chi connectivity index (χ2n) is 3.99. The molecule has 0 spiro atoms. The lowest BCUT2D eigenvalue weighted by molar-refractivity contribution is 1.09. The number of H-pyrrole nitrogens is 1. The molecule has 0 aliphatic carbocycles. The van der Waals surface area contributed by atoms with E-state index >= 15 is 0 Å². The van der Waals surface area contributed by atoms with Gasteiger partial charge in [-0.2, -0.15) is 5.10 Å². The summed E-state index contributed by atoms with van der Waals surface area (Å²) in [5, 5.41) is 11.0. The van der Waals surface area contributed by atoms with Crippen LogP contribution in [0.4, 0.5) is 11.5 Å². The maximum atomic E-state index is 4.27. The van der Waals surface area contributed by atoms with Crippen molar-refractivity contribution in [3.63, 3.8) is 0 Å². The Morgan fingerprint density at radius 2 is 2.11 bits per heavy atom. The molecule has 0 atom stereocenters. The first-order chi connectivity index (χ1) is 8.88. The zero-order chi connectivity index (χ0) is 12.4. The van der Waals surface area contributed by atoms with Crippen LogP contribution in [-0.2, 0) is 6.42 Å². The van der Waals surface area contributed by atoms with E-state index in [-0.39, 0.29) is 0 Å². The Bertz CT molecular complexity index is 674. The first-order valence-electron chi connectivity index (χ1n) is 5.87. The van der Waals surface area contributed by atoms with Gasteiger partial charge in [0, 0.05) is 5.69 Å². The Labute approximate surface area is 104 Å². The number of fused-ring (bicyclic) bond motifs is 1. The van der Waals surface area contributed by atoms with Gasteiger partial charge in [0.05, 0.1) is 11.6 Å². The Morgan fingerprint density at radius 1 is 1.22 bits per heavy atom. The van der Waals surface area contributed by atoms with E-state index in [0.29, 0.717) is 0 Å². The van der Waals surface area contributed by atoms with E-state index in [9.17, 15) is 0 Å². The molecule has 0 saturated heterocycles. The van der Waals surface area contributed by atoms with Crippen molar-refractivity contribution in [1.29, 1.82) is 0 Å². The first kappa shape index (κ1) is 10.7. The molecule has 0 unspecified atom stereocenters. The SMILES string of the molecule is CCc1ccccc1Nc1ncnc2[nH]ncc12. The van der Waals surface area contributed by atoms with E-state index in [1.54, 1.807) is 6.20 Å². The standard InChI is InChI=1S/C13H13N5/c1-2-9-5-3-4-6-11(9)17-12-10-7-16-18-13(10)15-8-14-12/h3-8H,2H2,1H3,(H2,14,15,16,17,18). The molecule has 1 aromatic carbocycles. The molecular weight excluding hydrogens is 226 g/mol. The molecule has 0 bridgehead atoms. The van der Waals surface area contributed by atoms with Crippen LogP contribution >= 0.6 is 0 Å². The van der Waals surface area contributed by atoms with E-state index in [1.807, 2.05) is 18.2 Å². The number of hydrogen-bond acceptors (Lipinski definition) is 4. The number of para-hydroxylation sites is 1. The quantitative estimate of drug-likeness (QED) is 0.737. The molecule has 90 valence electrons. The molecular formula is C13H13N5. The number of nitrogens with zero attached hydrogens (tertiary/aromatic N) is 3. The van der Waals surface area contributed by atoms with Crippen LogP contribution in [0.25, 0.3) is 11.0 Å². The monoisotopic (exact) mass is 239 g/mol. The summed E-state index contributed by atoms with van der Waals surface area (Å²) in [7, 11) is 0. The summed E-state index contributed by atoms with van der Waals surface area (Å²) < 4.78 is 0. The lowest BCUT2D eigenvalue weighted by Crippen LogP contribution is -1.98. The van der Waals surface area contributed by atoms with Crippen molar-refractivity contribution in [2.45, 2.75) is 13.3 Å². The van der Waals surface area contributed by atoms with Crippen LogP contribution in [-0.4, -0.2) is 20.2 Å². The number of nitrogens with one attached hydrogen (secondary N) is 2. The second kappa shape index (κ2) is 4.44. The van der Waals surface area contributed by atoms with Crippen LogP contribution in [0.3, 0.4) is 0 Å². The maximum absolute atomic E-state index is 4.27. The van der Waals surface area contributed by atoms with Crippen LogP contribution in [0.1, 0.15) is 12.5 Å². The molecule has 0 amide bonds. The van der Waals surface area contributed by atoms with Crippen LogP contribution in [0.5, 0.6) is 0 Å². The van der Waals surface area contributed by atoms with Gasteiger partial charge >= 0.3 is 0 Å². The number of hydrogen-bond donors (Lipinski definition) is 2. The predicted octanol–water partition coefficient (Wildman–Crippen LogP) is 2.66. The zero-order valence-corrected chi connectivity index (χ0v) is 10.0. The summed E-state index contributed by atoms with van der Waals surface area (Å²) in [4.78, 5) is 8.38. The van der Waals surface area contributed by atoms with Crippen LogP contribution in [0.2, 0.25) is 0 Å². The highest BCUT2D eigenvalue weighted by Gasteiger charge is 2.07. The van der Waals surface area contributed by atoms with Crippen molar-refractivity contribution < 1.29 is 0 Å². The minimum atomic E-state index is 0.737. The van der Waals surface area contributed by atoms with Gasteiger partial charge in [-0.15, -0.1) is 0 Å². The lowest BCUT2D eigenvalue weighted by Gasteiger charge is -2.10. The Morgan fingerprint density at radius 3 is 3.00 bits per heavy atom. The van der Waals surface area contributed by atoms with Gasteiger partial charge in [0.2, 0.25) is 0 Å². The van der Waals surface area contributed by atoms with E-state index in [0.717, 1.165) is 29.0 Å². The number of anilines is 2. The summed E-state index contributed by atoms with van der Waals surface area (Å²) >= 11 is 0. The molecule has 0 fully saturated rings. The summed E-state index contributed by atoms with van der Waals surface area (Å²) in [6, 6.07) is 8.20. The molecule has 0 saturated carbocycles. The highest BCUT2D eigenvalue weighted by Crippen LogP contribution is 2.24. The van der Waals surface area contributed by atoms with Crippen molar-refractivity contribution >= 4 is 22.5 Å². The summed E-state index contributed by atoms with van der Waals surface area (Å²) in [6.07, 6.45) is 4.23. The summed E-state index contributed by atoms with van der Waals surface area (Å²) in [5.41, 5.74) is 3.07. The normalized spacial score (nSPS) is 10.7. The molecule has 3 aromatic rings. The molecule has 2 heterocycles. The number of rotatable bonds is 3. The molecule has 0 aliphatic rings. The predicted molar refractivity (Wildman–Crippen MR) is 70.8 cm³/mol. The molecule has 18 heavy (non-hydrogen) atoms. The minimum absolute atomic E-state index is 0.737. The van der Waals surface area contributed by atoms with Gasteiger partial charge in [0.1, 0.15) is 12.1 Å². The highest BCUT2D eigenvalue weighted by molar-refractivity contribution is 5.87. The van der Waals surface area contributed by atoms with E-state index in [4.69, 9.17) is 0 Å². The smallest absolute Gasteiger partial charge is 0.160 e. The fourth-order valence-electron chi connectivity index (χ4n) is 1.94. The van der Waals surface area contributed by atoms with E-state index in [1.165, 1.54) is 11.9 Å². The van der Waals surface area contributed by atoms with Crippen molar-refractivity contribution in [3.05, 3.63) is 42.4 Å². The topological polar surface area (TPSA) is 66.5 Å². The molecule has 2 aromatic heterocycles. The van der Waals surface area contributed by atoms with Gasteiger partial charge in [0.25, 0.3) is 0 Å². The van der Waals surface area contributed by atoms with Crippen molar-refractivity contribution in [3.8, 4) is 0 Å². The largest absolute Gasteiger partial charge is 0.339 e. The van der Waals surface area contributed by atoms with Crippen molar-refractivity contribution in [1.82, 2.24) is 20.2 Å². The van der Waals surface area contributed by atoms with E-state index in [2.05, 4.69) is 38.5 Å². The fraction of sp³-hybridized carbons (Fsp3) is 0.154. The van der Waals surface area contributed by atoms with Gasteiger partial charge in [-0.05, 0) is 18.1 Å². The molecule has 5 nitrogen and oxygen atoms in total. The third-order valence-electron chi connectivity index (χ3n) is 2.90. The third-order valence-corrected chi connectivity index (χ3v) is 2.90. The second-order valence-corrected chi connectivity index (χ2v) is 3.99. The highest BCUT2D eigenvalue weighted by atomic mass is 15.2. The molecule has 3 rings (SSSR count). The number of aryl methyl sites for hydroxylation is 1. The summed E-state index contributed by atoms with van der Waals surface area (Å²) in [6.45, 7) is 2.13. The zero-order valence-electron chi connectivity index (χ0n) is 10.0. The minimum Gasteiger partial charge on any atom is -0.339 e. The van der Waals surface area contributed by atoms with Crippen LogP contribution < -0.4 is 5.32 Å². The average Bonchev–Trinajstić information content (AvgIpc) is 2.89. The Hall–Kier alpha value is -2.43. The Balaban J connectivity index is 2.04. The summed E-state index contributed by atoms with van der Waals surface area (Å²) in [5.74, 6) is 0.773. The molecule has 5 heteroatoms. The molecule has 0 aliphatic heterocycles. The van der Waals surface area contributed by atoms with Gasteiger partial charge in [-0.25, -0.2) is 9.97 Å². The van der Waals surface area contributed by atoms with Crippen LogP contribution in [0, 0.1) is 0 Å². The fourth-order valence-corrected chi connectivity index (χ4v) is 1.94. The first-order valence-corrected chi connectivity index (χ1v) is 5.87. The van der Waals surface area contributed by atoms with Gasteiger partial charge < -0.3 is 5.32 Å². The number of aromatic amines is 1. The van der Waals surface area contributed by atoms with Crippen molar-refractivity contribution in [2.75, 3.05) is 5.32 Å². The molecule has 0 radical (unpaired) electrons. The van der Waals surface area contributed by atoms with Gasteiger partial charge in [0.15, 0.2) is 5.65 Å². The van der Waals surface area contributed by atoms with Gasteiger partial charge in [-0.3, -0.25) is 5.10 Å². The Kier molecular flexibility index (Phi) is 2.64. The maximum Gasteiger partial charge on any atom is 0.160 e. The average molecular weight is 239 g/mol. The van der Waals surface area contributed by atoms with Gasteiger partial charge in [-0.1, -0.05) is 25.1 Å². The third kappa shape index (κ3) is 1.79. The van der Waals surface area contributed by atoms with E-state index < -0.39 is 0 Å². The number of aromatic nitrogens is 4.